The van der Waals surface area contributed by atoms with Gasteiger partial charge in [0.2, 0.25) is 5.95 Å². The van der Waals surface area contributed by atoms with Crippen LogP contribution in [0.1, 0.15) is 39.2 Å². The van der Waals surface area contributed by atoms with Crippen LogP contribution in [0.4, 0.5) is 110 Å². The lowest BCUT2D eigenvalue weighted by molar-refractivity contribution is -0.137. The number of ether oxygens (including phenoxy) is 1. The summed E-state index contributed by atoms with van der Waals surface area (Å²) in [5.41, 5.74) is 12.3. The third kappa shape index (κ3) is 17.7. The summed E-state index contributed by atoms with van der Waals surface area (Å²) in [4.78, 5) is 51.0. The molecule has 8 aromatic carbocycles. The molecule has 18 aromatic rings. The molecule has 11 heterocycles. The molecule has 0 saturated carbocycles. The van der Waals surface area contributed by atoms with E-state index in [0.717, 1.165) is 69.6 Å². The fraction of sp³-hybridized carbons (Fsp3) is 0.133. The van der Waals surface area contributed by atoms with Crippen molar-refractivity contribution < 1.29 is 61.8 Å². The number of aromatic amines is 4. The van der Waals surface area contributed by atoms with E-state index in [1.165, 1.54) is 97.6 Å². The van der Waals surface area contributed by atoms with E-state index in [9.17, 15) is 57.1 Å². The molecule has 13 N–H and O–H groups in total. The quantitative estimate of drug-likeness (QED) is 0.0425. The molecule has 0 fully saturated rings. The van der Waals surface area contributed by atoms with Gasteiger partial charge in [-0.15, -0.1) is 0 Å². The van der Waals surface area contributed by atoms with Crippen molar-refractivity contribution in [2.24, 2.45) is 5.73 Å². The van der Waals surface area contributed by atoms with E-state index in [0.29, 0.717) is 81.3 Å². The molecular formula is C83H62F13N27O. The van der Waals surface area contributed by atoms with Gasteiger partial charge in [-0.3, -0.25) is 20.4 Å². The number of benzene rings is 8. The number of para-hydroxylation sites is 4. The minimum absolute atomic E-state index is 0.0312. The Morgan fingerprint density at radius 3 is 1.42 bits per heavy atom. The molecule has 1 aliphatic rings. The summed E-state index contributed by atoms with van der Waals surface area (Å²) in [6.07, 6.45) is -12.9. The average Bonchev–Trinajstić information content (AvgIpc) is 1.53. The monoisotopic (exact) mass is 1700 g/mol. The third-order valence-corrected chi connectivity index (χ3v) is 19.1. The minimum Gasteiger partial charge on any atom is -0.490 e. The minimum atomic E-state index is -4.59. The normalized spacial score (nSPS) is 12.4. The number of H-pyrrole nitrogens is 4. The summed E-state index contributed by atoms with van der Waals surface area (Å²) in [7, 11) is 0. The van der Waals surface area contributed by atoms with Gasteiger partial charge in [0.1, 0.15) is 58.8 Å². The molecule has 626 valence electrons. The highest BCUT2D eigenvalue weighted by Crippen LogP contribution is 2.44. The Morgan fingerprint density at radius 2 is 0.871 bits per heavy atom. The number of alkyl halides is 12. The fourth-order valence-corrected chi connectivity index (χ4v) is 13.5. The zero-order chi connectivity index (χ0) is 86.6. The number of nitrogens with zero attached hydrogens (tertiary/aromatic N) is 16. The SMILES string of the molecule is Cc1cc(Nc2nc(-c3ccccc3C(F)(F)F)nc3c2CCNCC3)n[nH]1.Fc1cccc2c(Nc3nc(-c4ccccc4C(F)(F)F)nc4ncncc34)n[nH]c12.NCCOc1cccc2c(Nc3n[nH]c4ccccc34)nc(-c3ccccc3C(F)(F)F)nc12.Nc1ncc2c(Nc3n[nH]c4ccccc34)nc(-c3ccccc3C(F)(F)F)nc2n1. The lowest BCUT2D eigenvalue weighted by Gasteiger charge is -2.16. The van der Waals surface area contributed by atoms with Gasteiger partial charge in [0.05, 0.1) is 49.8 Å². The van der Waals surface area contributed by atoms with Crippen molar-refractivity contribution in [2.45, 2.75) is 44.5 Å². The molecule has 0 aliphatic carbocycles. The van der Waals surface area contributed by atoms with Gasteiger partial charge < -0.3 is 42.8 Å². The number of aryl methyl sites for hydroxylation is 1. The van der Waals surface area contributed by atoms with E-state index < -0.39 is 52.8 Å². The number of rotatable bonds is 15. The Hall–Kier alpha value is -15.6. The highest BCUT2D eigenvalue weighted by Gasteiger charge is 2.39. The maximum Gasteiger partial charge on any atom is 0.417 e. The van der Waals surface area contributed by atoms with Crippen molar-refractivity contribution in [2.75, 3.05) is 53.2 Å². The Morgan fingerprint density at radius 1 is 0.411 bits per heavy atom. The maximum atomic E-state index is 14.0. The predicted molar refractivity (Wildman–Crippen MR) is 438 cm³/mol. The molecule has 0 amide bonds. The number of aromatic nitrogens is 20. The van der Waals surface area contributed by atoms with E-state index in [1.807, 2.05) is 61.5 Å². The molecule has 0 atom stereocenters. The van der Waals surface area contributed by atoms with Crippen molar-refractivity contribution in [1.82, 2.24) is 106 Å². The van der Waals surface area contributed by atoms with E-state index in [1.54, 1.807) is 30.3 Å². The number of anilines is 9. The Balaban J connectivity index is 0.000000122. The number of nitrogen functional groups attached to an aromatic ring is 1. The van der Waals surface area contributed by atoms with Crippen molar-refractivity contribution in [3.05, 3.63) is 252 Å². The van der Waals surface area contributed by atoms with E-state index in [-0.39, 0.29) is 98.9 Å². The summed E-state index contributed by atoms with van der Waals surface area (Å²) in [5, 5.41) is 46.9. The van der Waals surface area contributed by atoms with Crippen LogP contribution in [0.3, 0.4) is 0 Å². The predicted octanol–water partition coefficient (Wildman–Crippen LogP) is 18.1. The van der Waals surface area contributed by atoms with Crippen molar-refractivity contribution in [3.8, 4) is 51.3 Å². The number of hydrogen-bond acceptors (Lipinski definition) is 24. The summed E-state index contributed by atoms with van der Waals surface area (Å²) < 4.78 is 183. The zero-order valence-electron chi connectivity index (χ0n) is 64.0. The van der Waals surface area contributed by atoms with Gasteiger partial charge in [0.15, 0.2) is 57.9 Å². The summed E-state index contributed by atoms with van der Waals surface area (Å²) in [5.74, 6) is 2.35. The van der Waals surface area contributed by atoms with Gasteiger partial charge in [0.25, 0.3) is 0 Å². The van der Waals surface area contributed by atoms with Gasteiger partial charge in [-0.25, -0.2) is 59.2 Å². The number of nitrogens with two attached hydrogens (primary N) is 2. The molecule has 19 rings (SSSR count). The Bertz CT molecular complexity index is 6970. The van der Waals surface area contributed by atoms with Crippen LogP contribution < -0.4 is 42.8 Å². The lowest BCUT2D eigenvalue weighted by atomic mass is 10.0. The molecule has 0 saturated heterocycles. The topological polar surface area (TPSA) is 391 Å². The van der Waals surface area contributed by atoms with E-state index >= 15 is 0 Å². The van der Waals surface area contributed by atoms with Gasteiger partial charge in [-0.1, -0.05) is 109 Å². The van der Waals surface area contributed by atoms with Crippen LogP contribution in [0.25, 0.3) is 111 Å². The van der Waals surface area contributed by atoms with Crippen molar-refractivity contribution in [1.29, 1.82) is 0 Å². The van der Waals surface area contributed by atoms with E-state index in [2.05, 4.69) is 127 Å². The first-order valence-corrected chi connectivity index (χ1v) is 37.5. The van der Waals surface area contributed by atoms with Crippen LogP contribution in [-0.2, 0) is 37.5 Å². The van der Waals surface area contributed by atoms with Gasteiger partial charge in [-0.2, -0.15) is 78.1 Å². The first kappa shape index (κ1) is 82.2. The summed E-state index contributed by atoms with van der Waals surface area (Å²) >= 11 is 0. The standard InChI is InChI=1S/C24H19F3N6O.C20H11F4N7.C20H13F3N8.C19H19F3N6/c25-24(26,27)17-9-3-1-6-14(17)21-29-20-16(8-5-11-19(20)34-13-12-28)22(30-21)31-23-15-7-2-4-10-18(15)32-33-23;21-14-7-3-5-11-15(14)30-31-19(11)29-18-12-8-25-9-26-16(12)27-17(28-18)10-4-1-2-6-13(10)20(22,23)24;21-20(22,23)13-7-3-1-5-10(13)15-26-16(12-9-25-19(24)29-17(12)27-15)28-18-11-6-2-4-8-14(11)30-31-18;1-11-10-16(28-27-11)25-18-13-6-8-23-9-7-15(13)24-17(26-18)12-4-2-3-5-14(12)19(20,21)22/h1-11H,12-13,28H2,(H2,29,30,31,32,33);1-9H,(H2,25,26,27,28,29,30,31);1-9H,(H4,24,25,26,27,28,29,30,31);2-5,10,23H,6-9H2,1H3,(H2,24,25,26,27,28). The van der Waals surface area contributed by atoms with E-state index in [4.69, 9.17) is 16.2 Å². The Kier molecular flexibility index (Phi) is 22.7. The zero-order valence-corrected chi connectivity index (χ0v) is 64.0. The summed E-state index contributed by atoms with van der Waals surface area (Å²) in [6.45, 7) is 3.84. The molecule has 0 unspecified atom stereocenters. The van der Waals surface area contributed by atoms with Gasteiger partial charge >= 0.3 is 24.7 Å². The van der Waals surface area contributed by atoms with Crippen LogP contribution in [0.2, 0.25) is 0 Å². The first-order valence-electron chi connectivity index (χ1n) is 37.5. The largest absolute Gasteiger partial charge is 0.490 e. The van der Waals surface area contributed by atoms with Crippen LogP contribution >= 0.6 is 0 Å². The highest BCUT2D eigenvalue weighted by molar-refractivity contribution is 6.00. The molecule has 0 radical (unpaired) electrons. The van der Waals surface area contributed by atoms with Crippen LogP contribution in [0, 0.1) is 12.7 Å². The summed E-state index contributed by atoms with van der Waals surface area (Å²) in [6, 6.07) is 47.0. The number of hydrogen-bond donors (Lipinski definition) is 11. The first-order chi connectivity index (χ1) is 59.7. The van der Waals surface area contributed by atoms with Crippen LogP contribution in [0.15, 0.2) is 207 Å². The molecule has 1 aliphatic heterocycles. The highest BCUT2D eigenvalue weighted by atomic mass is 19.4. The molecule has 10 aromatic heterocycles. The molecule has 0 bridgehead atoms. The number of halogens is 13. The van der Waals surface area contributed by atoms with Crippen molar-refractivity contribution in [3.63, 3.8) is 0 Å². The van der Waals surface area contributed by atoms with Crippen LogP contribution in [0.5, 0.6) is 5.75 Å². The second-order valence-corrected chi connectivity index (χ2v) is 27.4. The lowest BCUT2D eigenvalue weighted by Crippen LogP contribution is -2.16. The molecular weight excluding hydrogens is 1640 g/mol. The van der Waals surface area contributed by atoms with Crippen molar-refractivity contribution >= 4 is 118 Å². The maximum absolute atomic E-state index is 14.0. The second-order valence-electron chi connectivity index (χ2n) is 27.4. The van der Waals surface area contributed by atoms with Gasteiger partial charge in [-0.05, 0) is 92.7 Å². The molecule has 124 heavy (non-hydrogen) atoms. The van der Waals surface area contributed by atoms with Gasteiger partial charge in [0, 0.05) is 93.0 Å². The molecule has 28 nitrogen and oxygen atoms in total. The smallest absolute Gasteiger partial charge is 0.417 e. The number of fused-ring (bicyclic) bond motifs is 7. The fourth-order valence-electron chi connectivity index (χ4n) is 13.5. The molecule has 0 spiro atoms. The van der Waals surface area contributed by atoms with Crippen LogP contribution in [-0.4, -0.2) is 127 Å². The second kappa shape index (κ2) is 34.3. The average molecular weight is 1700 g/mol. The third-order valence-electron chi connectivity index (χ3n) is 19.1. The Labute approximate surface area is 689 Å². The molecule has 41 heteroatoms. The number of nitrogens with one attached hydrogen (secondary N) is 9.